The average Bonchev–Trinajstić information content (AvgIpc) is 2.44. The Kier molecular flexibility index (Phi) is 1.57. The monoisotopic (exact) mass is 263 g/mol. The summed E-state index contributed by atoms with van der Waals surface area (Å²) < 4.78 is 72.1. The molecule has 0 spiro atoms. The summed E-state index contributed by atoms with van der Waals surface area (Å²) in [5, 5.41) is 0. The van der Waals surface area contributed by atoms with Crippen molar-refractivity contribution in [1.82, 2.24) is 0 Å². The molecule has 1 heterocycles. The first-order valence-electron chi connectivity index (χ1n) is 10.6. The summed E-state index contributed by atoms with van der Waals surface area (Å²) in [5.74, 6) is 0. The van der Waals surface area contributed by atoms with Crippen molar-refractivity contribution in [1.29, 1.82) is 0 Å². The lowest BCUT2D eigenvalue weighted by molar-refractivity contribution is -0.661. The Hall–Kier alpha value is -1.63. The lowest BCUT2D eigenvalue weighted by atomic mass is 9.88. The number of hydrogen-bond donors (Lipinski definition) is 0. The fourth-order valence-corrected chi connectivity index (χ4v) is 2.21. The Morgan fingerprint density at radius 2 is 1.79 bits per heavy atom. The molecule has 0 bridgehead atoms. The van der Waals surface area contributed by atoms with Gasteiger partial charge in [-0.25, -0.2) is 4.57 Å². The van der Waals surface area contributed by atoms with E-state index < -0.39 is 26.0 Å². The van der Waals surface area contributed by atoms with Crippen molar-refractivity contribution >= 4 is 0 Å². The van der Waals surface area contributed by atoms with E-state index in [1.165, 1.54) is 12.3 Å². The van der Waals surface area contributed by atoms with Gasteiger partial charge >= 0.3 is 0 Å². The van der Waals surface area contributed by atoms with Gasteiger partial charge in [-0.2, -0.15) is 0 Å². The number of pyridine rings is 1. The van der Waals surface area contributed by atoms with Crippen LogP contribution >= 0.6 is 0 Å². The van der Waals surface area contributed by atoms with Crippen LogP contribution in [0.1, 0.15) is 49.6 Å². The summed E-state index contributed by atoms with van der Waals surface area (Å²) in [6.45, 7) is -5.89. The Morgan fingerprint density at radius 3 is 2.37 bits per heavy atom. The van der Waals surface area contributed by atoms with Gasteiger partial charge in [0.25, 0.3) is 0 Å². The zero-order valence-corrected chi connectivity index (χ0v) is 11.4. The van der Waals surface area contributed by atoms with Gasteiger partial charge in [0.1, 0.15) is 7.05 Å². The standard InChI is InChI=1S/C18H24N/c1-13-7-9-16(14(2)11-13)17-10-8-15(12-19(17)6)18(3,4)5/h7-12H,1-6H3/q+1/i3D3,4D3,5D3. The molecule has 1 nitrogen and oxygen atoms in total. The topological polar surface area (TPSA) is 3.88 Å². The molecule has 0 aliphatic carbocycles. The minimum Gasteiger partial charge on any atom is -0.201 e. The molecule has 0 atom stereocenters. The molecule has 0 amide bonds. The first-order valence-corrected chi connectivity index (χ1v) is 6.12. The molecule has 2 aromatic rings. The summed E-state index contributed by atoms with van der Waals surface area (Å²) in [6, 6.07) is 8.74. The molecule has 2 rings (SSSR count). The molecule has 0 fully saturated rings. The lowest BCUT2D eigenvalue weighted by Crippen LogP contribution is -2.33. The van der Waals surface area contributed by atoms with Crippen LogP contribution in [0.25, 0.3) is 11.3 Å². The third-order valence-corrected chi connectivity index (χ3v) is 3.22. The minimum atomic E-state index is -3.27. The van der Waals surface area contributed by atoms with E-state index in [4.69, 9.17) is 12.3 Å². The third kappa shape index (κ3) is 2.86. The van der Waals surface area contributed by atoms with Crippen molar-refractivity contribution in [2.75, 3.05) is 0 Å². The van der Waals surface area contributed by atoms with Gasteiger partial charge in [-0.15, -0.1) is 0 Å². The van der Waals surface area contributed by atoms with E-state index in [9.17, 15) is 0 Å². The highest BCUT2D eigenvalue weighted by Gasteiger charge is 2.19. The molecule has 1 aromatic carbocycles. The summed E-state index contributed by atoms with van der Waals surface area (Å²) in [5.41, 5.74) is 0.442. The molecule has 19 heavy (non-hydrogen) atoms. The second kappa shape index (κ2) is 4.80. The first kappa shape index (κ1) is 6.21. The fraction of sp³-hybridized carbons (Fsp3) is 0.389. The summed E-state index contributed by atoms with van der Waals surface area (Å²) in [4.78, 5) is 0. The van der Waals surface area contributed by atoms with E-state index in [1.807, 2.05) is 32.0 Å². The fourth-order valence-electron chi connectivity index (χ4n) is 2.21. The van der Waals surface area contributed by atoms with Crippen LogP contribution in [-0.2, 0) is 12.5 Å². The average molecular weight is 263 g/mol. The molecule has 100 valence electrons. The van der Waals surface area contributed by atoms with Crippen LogP contribution in [0.15, 0.2) is 36.5 Å². The van der Waals surface area contributed by atoms with Crippen LogP contribution in [0.2, 0.25) is 0 Å². The number of nitrogens with zero attached hydrogens (tertiary/aromatic N) is 1. The zero-order valence-electron chi connectivity index (χ0n) is 20.4. The number of aromatic nitrogens is 1. The molecule has 1 aromatic heterocycles. The van der Waals surface area contributed by atoms with E-state index in [1.54, 1.807) is 17.7 Å². The third-order valence-electron chi connectivity index (χ3n) is 3.22. The van der Waals surface area contributed by atoms with Crippen LogP contribution in [0, 0.1) is 13.8 Å². The quantitative estimate of drug-likeness (QED) is 0.682. The van der Waals surface area contributed by atoms with Crippen molar-refractivity contribution in [2.24, 2.45) is 7.05 Å². The van der Waals surface area contributed by atoms with E-state index in [-0.39, 0.29) is 5.56 Å². The van der Waals surface area contributed by atoms with Crippen molar-refractivity contribution in [3.8, 4) is 11.3 Å². The summed E-state index contributed by atoms with van der Waals surface area (Å²) in [6.07, 6.45) is 1.31. The van der Waals surface area contributed by atoms with Crippen LogP contribution < -0.4 is 4.57 Å². The van der Waals surface area contributed by atoms with Crippen molar-refractivity contribution in [2.45, 2.75) is 39.8 Å². The number of rotatable bonds is 1. The highest BCUT2D eigenvalue weighted by molar-refractivity contribution is 5.61. The number of hydrogen-bond acceptors (Lipinski definition) is 0. The summed E-state index contributed by atoms with van der Waals surface area (Å²) in [7, 11) is 1.64. The maximum Gasteiger partial charge on any atom is 0.212 e. The van der Waals surface area contributed by atoms with Gasteiger partial charge in [0, 0.05) is 29.5 Å². The zero-order chi connectivity index (χ0) is 21.7. The van der Waals surface area contributed by atoms with Gasteiger partial charge in [-0.3, -0.25) is 0 Å². The van der Waals surface area contributed by atoms with Crippen LogP contribution in [0.5, 0.6) is 0 Å². The van der Waals surface area contributed by atoms with Crippen LogP contribution in [0.4, 0.5) is 0 Å². The van der Waals surface area contributed by atoms with Gasteiger partial charge in [0.15, 0.2) is 6.20 Å². The van der Waals surface area contributed by atoms with Crippen molar-refractivity contribution in [3.05, 3.63) is 53.2 Å². The largest absolute Gasteiger partial charge is 0.212 e. The molecule has 1 heteroatoms. The molecule has 0 aliphatic rings. The van der Waals surface area contributed by atoms with E-state index in [0.717, 1.165) is 22.4 Å². The van der Waals surface area contributed by atoms with Gasteiger partial charge in [-0.05, 0) is 37.0 Å². The van der Waals surface area contributed by atoms with E-state index in [0.29, 0.717) is 0 Å². The van der Waals surface area contributed by atoms with Crippen LogP contribution in [0.3, 0.4) is 0 Å². The Labute approximate surface area is 129 Å². The molecule has 0 N–H and O–H groups in total. The Balaban J connectivity index is 2.79. The minimum absolute atomic E-state index is 0.261. The maximum atomic E-state index is 7.84. The molecular weight excluding hydrogens is 230 g/mol. The van der Waals surface area contributed by atoms with Gasteiger partial charge in [0.2, 0.25) is 5.69 Å². The molecule has 0 saturated heterocycles. The van der Waals surface area contributed by atoms with Crippen molar-refractivity contribution < 1.29 is 16.9 Å². The van der Waals surface area contributed by atoms with Gasteiger partial charge < -0.3 is 0 Å². The maximum absolute atomic E-state index is 7.84. The second-order valence-corrected chi connectivity index (χ2v) is 4.98. The van der Waals surface area contributed by atoms with Gasteiger partial charge in [-0.1, -0.05) is 38.3 Å². The first-order chi connectivity index (χ1) is 12.5. The number of benzene rings is 1. The molecular formula is C18H24N+. The van der Waals surface area contributed by atoms with Gasteiger partial charge in [0.05, 0.1) is 0 Å². The normalized spacial score (nSPS) is 20.7. The molecule has 0 aliphatic heterocycles. The number of aryl methyl sites for hydroxylation is 3. The molecule has 0 unspecified atom stereocenters. The smallest absolute Gasteiger partial charge is 0.201 e. The predicted molar refractivity (Wildman–Crippen MR) is 81.2 cm³/mol. The summed E-state index contributed by atoms with van der Waals surface area (Å²) >= 11 is 0. The highest BCUT2D eigenvalue weighted by atomic mass is 14.9. The second-order valence-electron chi connectivity index (χ2n) is 4.98. The SMILES string of the molecule is [2H]C([2H])([2H])C(c1ccc(-c2ccc(C)cc2C)[n+](C)c1)(C([2H])([2H])[2H])C([2H])([2H])[2H]. The predicted octanol–water partition coefficient (Wildman–Crippen LogP) is 4.09. The van der Waals surface area contributed by atoms with Crippen molar-refractivity contribution in [3.63, 3.8) is 0 Å². The van der Waals surface area contributed by atoms with E-state index in [2.05, 4.69) is 0 Å². The molecule has 0 saturated carbocycles. The highest BCUT2D eigenvalue weighted by Crippen LogP contribution is 2.25. The lowest BCUT2D eigenvalue weighted by Gasteiger charge is -2.17. The molecule has 0 radical (unpaired) electrons. The Bertz CT molecular complexity index is 840. The van der Waals surface area contributed by atoms with Crippen LogP contribution in [-0.4, -0.2) is 0 Å². The Morgan fingerprint density at radius 1 is 1.05 bits per heavy atom. The van der Waals surface area contributed by atoms with E-state index >= 15 is 0 Å².